The summed E-state index contributed by atoms with van der Waals surface area (Å²) < 4.78 is 9.52. The van der Waals surface area contributed by atoms with Crippen LogP contribution in [0.5, 0.6) is 11.5 Å². The fourth-order valence-corrected chi connectivity index (χ4v) is 9.90. The Morgan fingerprint density at radius 2 is 1.80 bits per heavy atom. The van der Waals surface area contributed by atoms with E-state index < -0.39 is 5.97 Å². The Hall–Kier alpha value is -2.64. The van der Waals surface area contributed by atoms with Crippen LogP contribution >= 0.6 is 46.6 Å². The Morgan fingerprint density at radius 3 is 2.51 bits per heavy atom. The number of rotatable bonds is 4. The van der Waals surface area contributed by atoms with Crippen LogP contribution in [-0.2, 0) is 12.8 Å². The molecule has 0 radical (unpaired) electrons. The Morgan fingerprint density at radius 1 is 1.04 bits per heavy atom. The molecule has 4 heterocycles. The van der Waals surface area contributed by atoms with Crippen molar-refractivity contribution in [3.63, 3.8) is 0 Å². The fourth-order valence-electron chi connectivity index (χ4n) is 8.03. The standard InChI is InChI=1S/C36H35Cl3N2O3S/c1-6-41-24-16-25-22(15-21(24)18(2)17-36(41,3)4)26(27-28(35(42)43)29(37)31(39)34(45-5)30(27)38)23-14-19-10-7-8-12-40-13-9-11-20(32(19)40)33(23)44-25/h14-17H,6-13H2,1-5H3/p+1. The molecular weight excluding hydrogens is 647 g/mol. The average molecular weight is 683 g/mol. The quantitative estimate of drug-likeness (QED) is 0.134. The number of halogens is 3. The lowest BCUT2D eigenvalue weighted by molar-refractivity contribution is 0.0696. The molecule has 0 aromatic heterocycles. The van der Waals surface area contributed by atoms with Gasteiger partial charge in [0.05, 0.1) is 31.7 Å². The highest BCUT2D eigenvalue weighted by Gasteiger charge is 2.37. The summed E-state index contributed by atoms with van der Waals surface area (Å²) in [6.07, 6.45) is 9.27. The minimum absolute atomic E-state index is 0.00905. The van der Waals surface area contributed by atoms with Crippen molar-refractivity contribution >= 4 is 69.4 Å². The molecule has 7 rings (SSSR count). The predicted octanol–water partition coefficient (Wildman–Crippen LogP) is 8.22. The van der Waals surface area contributed by atoms with E-state index in [0.717, 1.165) is 90.7 Å². The van der Waals surface area contributed by atoms with Gasteiger partial charge in [-0.25, -0.2) is 9.37 Å². The molecule has 0 saturated heterocycles. The summed E-state index contributed by atoms with van der Waals surface area (Å²) in [6.45, 7) is 11.6. The van der Waals surface area contributed by atoms with Crippen molar-refractivity contribution in [2.75, 3.05) is 30.8 Å². The van der Waals surface area contributed by atoms with Crippen molar-refractivity contribution in [1.82, 2.24) is 4.58 Å². The zero-order chi connectivity index (χ0) is 31.9. The van der Waals surface area contributed by atoms with Crippen LogP contribution < -0.4 is 24.8 Å². The summed E-state index contributed by atoms with van der Waals surface area (Å²) in [7, 11) is 0. The van der Waals surface area contributed by atoms with E-state index in [-0.39, 0.29) is 26.2 Å². The van der Waals surface area contributed by atoms with Gasteiger partial charge in [0.1, 0.15) is 24.6 Å². The highest BCUT2D eigenvalue weighted by atomic mass is 35.5. The molecular formula is C36H36Cl3N2O3S+. The number of hydrogen-bond donors (Lipinski definition) is 1. The second-order valence-electron chi connectivity index (χ2n) is 12.9. The van der Waals surface area contributed by atoms with Gasteiger partial charge in [-0.1, -0.05) is 40.9 Å². The SMILES string of the molecule is CCN1c2cc3c(cc2C(C)=CC1(C)C)C(c1c(Cl)c(SC)c(Cl)c(Cl)c1C(=O)O)=c1cc2c4c(c1O3)CCC[N+]=4CCCC2. The molecule has 0 spiro atoms. The molecule has 9 heteroatoms. The first-order chi connectivity index (χ1) is 21.5. The smallest absolute Gasteiger partial charge is 0.337 e. The third-order valence-corrected chi connectivity index (χ3v) is 12.1. The first-order valence-electron chi connectivity index (χ1n) is 15.6. The van der Waals surface area contributed by atoms with E-state index in [9.17, 15) is 9.90 Å². The number of thioether (sulfide) groups is 1. The number of anilines is 1. The molecule has 5 nitrogen and oxygen atoms in total. The lowest BCUT2D eigenvalue weighted by Gasteiger charge is -2.43. The van der Waals surface area contributed by atoms with Crippen LogP contribution in [0.2, 0.25) is 15.1 Å². The molecule has 0 amide bonds. The first-order valence-corrected chi connectivity index (χ1v) is 18.0. The Kier molecular flexibility index (Phi) is 7.75. The van der Waals surface area contributed by atoms with Gasteiger partial charge >= 0.3 is 5.97 Å². The van der Waals surface area contributed by atoms with E-state index >= 15 is 0 Å². The van der Waals surface area contributed by atoms with Crippen molar-refractivity contribution in [3.05, 3.63) is 83.3 Å². The summed E-state index contributed by atoms with van der Waals surface area (Å²) in [6, 6.07) is 6.51. The van der Waals surface area contributed by atoms with Gasteiger partial charge in [0, 0.05) is 69.1 Å². The van der Waals surface area contributed by atoms with Crippen LogP contribution in [0.3, 0.4) is 0 Å². The topological polar surface area (TPSA) is 52.8 Å². The second-order valence-corrected chi connectivity index (χ2v) is 14.8. The monoisotopic (exact) mass is 681 g/mol. The molecule has 1 N–H and O–H groups in total. The number of aromatic carboxylic acids is 1. The zero-order valence-corrected chi connectivity index (χ0v) is 29.3. The van der Waals surface area contributed by atoms with Crippen LogP contribution in [0.25, 0.3) is 11.1 Å². The van der Waals surface area contributed by atoms with Gasteiger partial charge in [-0.15, -0.1) is 11.8 Å². The highest BCUT2D eigenvalue weighted by molar-refractivity contribution is 7.98. The lowest BCUT2D eigenvalue weighted by atomic mass is 9.83. The van der Waals surface area contributed by atoms with E-state index in [2.05, 4.69) is 61.4 Å². The number of hydrogen-bond acceptors (Lipinski definition) is 4. The van der Waals surface area contributed by atoms with Gasteiger partial charge in [0.25, 0.3) is 0 Å². The molecule has 4 aliphatic rings. The number of allylic oxidation sites excluding steroid dienone is 1. The van der Waals surface area contributed by atoms with Crippen molar-refractivity contribution in [2.45, 2.75) is 70.2 Å². The van der Waals surface area contributed by atoms with E-state index in [0.29, 0.717) is 16.2 Å². The maximum Gasteiger partial charge on any atom is 0.337 e. The number of carboxylic acid groups (broad SMARTS) is 1. The zero-order valence-electron chi connectivity index (χ0n) is 26.2. The molecule has 0 unspecified atom stereocenters. The van der Waals surface area contributed by atoms with Crippen molar-refractivity contribution in [2.24, 2.45) is 0 Å². The number of carboxylic acids is 1. The van der Waals surface area contributed by atoms with Gasteiger partial charge in [-0.2, -0.15) is 0 Å². The maximum absolute atomic E-state index is 13.0. The predicted molar refractivity (Wildman–Crippen MR) is 187 cm³/mol. The average Bonchev–Trinajstić information content (AvgIpc) is 3.20. The largest absolute Gasteiger partial charge is 0.478 e. The van der Waals surface area contributed by atoms with Crippen molar-refractivity contribution < 1.29 is 14.6 Å². The number of carbonyl (C=O) groups is 1. The van der Waals surface area contributed by atoms with E-state index in [1.807, 2.05) is 6.26 Å². The molecule has 0 bridgehead atoms. The molecule has 0 fully saturated rings. The molecule has 0 aliphatic carbocycles. The Balaban J connectivity index is 1.69. The van der Waals surface area contributed by atoms with Gasteiger partial charge in [0.15, 0.2) is 0 Å². The number of likely N-dealkylation sites (N-methyl/N-ethyl adjacent to an activating group) is 1. The molecule has 3 aromatic rings. The minimum atomic E-state index is -1.18. The fraction of sp³-hybridized carbons (Fsp3) is 0.389. The van der Waals surface area contributed by atoms with E-state index in [1.165, 1.54) is 28.2 Å². The van der Waals surface area contributed by atoms with Crippen molar-refractivity contribution in [3.8, 4) is 11.5 Å². The molecule has 234 valence electrons. The van der Waals surface area contributed by atoms with Crippen LogP contribution in [0.4, 0.5) is 5.69 Å². The molecule has 4 aliphatic heterocycles. The third kappa shape index (κ3) is 4.65. The van der Waals surface area contributed by atoms with E-state index in [4.69, 9.17) is 39.5 Å². The summed E-state index contributed by atoms with van der Waals surface area (Å²) >= 11 is 22.0. The van der Waals surface area contributed by atoms with Gasteiger partial charge in [0.2, 0.25) is 5.36 Å². The Bertz CT molecular complexity index is 2000. The molecule has 0 atom stereocenters. The molecule has 3 aromatic carbocycles. The summed E-state index contributed by atoms with van der Waals surface area (Å²) in [5.74, 6) is 0.299. The van der Waals surface area contributed by atoms with Gasteiger partial charge in [-0.3, -0.25) is 0 Å². The van der Waals surface area contributed by atoms with Crippen LogP contribution in [0.15, 0.2) is 29.2 Å². The first kappa shape index (κ1) is 31.0. The Labute approximate surface area is 283 Å². The third-order valence-electron chi connectivity index (χ3n) is 9.82. The number of nitrogens with zero attached hydrogens (tertiary/aromatic N) is 2. The normalized spacial score (nSPS) is 17.9. The van der Waals surface area contributed by atoms with E-state index in [1.54, 1.807) is 0 Å². The number of benzene rings is 3. The molecule has 45 heavy (non-hydrogen) atoms. The summed E-state index contributed by atoms with van der Waals surface area (Å²) in [5, 5.41) is 13.2. The number of ether oxygens (including phenoxy) is 1. The minimum Gasteiger partial charge on any atom is -0.478 e. The summed E-state index contributed by atoms with van der Waals surface area (Å²) in [5.41, 5.74) is 7.44. The maximum atomic E-state index is 13.0. The second kappa shape index (κ2) is 11.3. The van der Waals surface area contributed by atoms with Gasteiger partial charge < -0.3 is 14.7 Å². The van der Waals surface area contributed by atoms with Crippen molar-refractivity contribution in [1.29, 1.82) is 0 Å². The van der Waals surface area contributed by atoms with Crippen LogP contribution in [-0.4, -0.2) is 42.5 Å². The highest BCUT2D eigenvalue weighted by Crippen LogP contribution is 2.51. The lowest BCUT2D eigenvalue weighted by Crippen LogP contribution is -2.45. The summed E-state index contributed by atoms with van der Waals surface area (Å²) in [4.78, 5) is 16.0. The number of fused-ring (bicyclic) bond motifs is 4. The van der Waals surface area contributed by atoms with Crippen LogP contribution in [0, 0.1) is 0 Å². The number of aryl methyl sites for hydroxylation is 1. The van der Waals surface area contributed by atoms with Gasteiger partial charge in [-0.05, 0) is 70.9 Å². The van der Waals surface area contributed by atoms with Crippen LogP contribution in [0.1, 0.15) is 85.1 Å². The molecule has 0 saturated carbocycles.